The molecule has 0 unspecified atom stereocenters. The van der Waals surface area contributed by atoms with Crippen molar-refractivity contribution in [1.29, 1.82) is 0 Å². The van der Waals surface area contributed by atoms with E-state index in [-0.39, 0.29) is 4.90 Å². The van der Waals surface area contributed by atoms with Gasteiger partial charge in [-0.3, -0.25) is 0 Å². The standard InChI is InChI=1S/C20H21N3O5S/c1-23-10-9-21-20(23)19(14-3-5-15(26-2)6-4-14)22-29(24,25)16-7-8-17-18(13-16)28-12-11-27-17/h3-10,13,19,22H,11-12H2,1-2H3/t19-/m1/s1. The van der Waals surface area contributed by atoms with Crippen LogP contribution in [0.5, 0.6) is 17.2 Å². The van der Waals surface area contributed by atoms with Gasteiger partial charge in [0.05, 0.1) is 12.0 Å². The number of methoxy groups -OCH3 is 1. The number of nitrogens with one attached hydrogen (secondary N) is 1. The zero-order chi connectivity index (χ0) is 20.4. The second-order valence-corrected chi connectivity index (χ2v) is 8.24. The monoisotopic (exact) mass is 415 g/mol. The fourth-order valence-corrected chi connectivity index (χ4v) is 4.33. The van der Waals surface area contributed by atoms with Crippen LogP contribution in [-0.2, 0) is 17.1 Å². The van der Waals surface area contributed by atoms with Crippen molar-refractivity contribution in [1.82, 2.24) is 14.3 Å². The number of sulfonamides is 1. The third-order valence-corrected chi connectivity index (χ3v) is 6.08. The lowest BCUT2D eigenvalue weighted by atomic mass is 10.1. The van der Waals surface area contributed by atoms with Crippen LogP contribution in [-0.4, -0.2) is 38.3 Å². The first-order chi connectivity index (χ1) is 14.0. The summed E-state index contributed by atoms with van der Waals surface area (Å²) in [7, 11) is -0.474. The van der Waals surface area contributed by atoms with E-state index in [0.717, 1.165) is 5.56 Å². The van der Waals surface area contributed by atoms with E-state index in [1.807, 2.05) is 19.2 Å². The second kappa shape index (κ2) is 7.76. The summed E-state index contributed by atoms with van der Waals surface area (Å²) in [5, 5.41) is 0. The first kappa shape index (κ1) is 19.3. The number of aryl methyl sites for hydroxylation is 1. The van der Waals surface area contributed by atoms with Crippen LogP contribution in [0.25, 0.3) is 0 Å². The molecule has 2 aromatic carbocycles. The molecule has 0 aliphatic carbocycles. The van der Waals surface area contributed by atoms with Crippen LogP contribution < -0.4 is 18.9 Å². The van der Waals surface area contributed by atoms with E-state index in [0.29, 0.717) is 36.3 Å². The minimum atomic E-state index is -3.87. The molecule has 2 heterocycles. The Morgan fingerprint density at radius 3 is 2.48 bits per heavy atom. The van der Waals surface area contributed by atoms with E-state index in [1.165, 1.54) is 12.1 Å². The lowest BCUT2D eigenvalue weighted by molar-refractivity contribution is 0.171. The van der Waals surface area contributed by atoms with Crippen LogP contribution in [0, 0.1) is 0 Å². The Kier molecular flexibility index (Phi) is 5.16. The molecule has 0 spiro atoms. The molecule has 0 radical (unpaired) electrons. The number of benzene rings is 2. The molecule has 1 aliphatic heterocycles. The van der Waals surface area contributed by atoms with E-state index in [4.69, 9.17) is 14.2 Å². The molecular formula is C20H21N3O5S. The summed E-state index contributed by atoms with van der Waals surface area (Å²) in [4.78, 5) is 4.44. The molecule has 1 aliphatic rings. The summed E-state index contributed by atoms with van der Waals surface area (Å²) < 4.78 is 47.1. The number of imidazole rings is 1. The van der Waals surface area contributed by atoms with Crippen LogP contribution in [0.15, 0.2) is 59.8 Å². The number of ether oxygens (including phenoxy) is 3. The summed E-state index contributed by atoms with van der Waals surface area (Å²) in [6, 6.07) is 11.1. The van der Waals surface area contributed by atoms with Crippen molar-refractivity contribution >= 4 is 10.0 Å². The predicted octanol–water partition coefficient (Wildman–Crippen LogP) is 2.27. The third kappa shape index (κ3) is 3.92. The molecule has 4 rings (SSSR count). The lowest BCUT2D eigenvalue weighted by Gasteiger charge is -2.21. The van der Waals surface area contributed by atoms with Crippen molar-refractivity contribution in [2.45, 2.75) is 10.9 Å². The maximum atomic E-state index is 13.2. The maximum Gasteiger partial charge on any atom is 0.241 e. The summed E-state index contributed by atoms with van der Waals surface area (Å²) >= 11 is 0. The van der Waals surface area contributed by atoms with Crippen molar-refractivity contribution in [2.75, 3.05) is 20.3 Å². The molecule has 0 bridgehead atoms. The second-order valence-electron chi connectivity index (χ2n) is 6.53. The van der Waals surface area contributed by atoms with Gasteiger partial charge in [-0.2, -0.15) is 4.72 Å². The van der Waals surface area contributed by atoms with Crippen molar-refractivity contribution in [3.8, 4) is 17.2 Å². The van der Waals surface area contributed by atoms with Gasteiger partial charge in [0.1, 0.15) is 30.8 Å². The number of fused-ring (bicyclic) bond motifs is 1. The molecule has 0 amide bonds. The van der Waals surface area contributed by atoms with Gasteiger partial charge >= 0.3 is 0 Å². The van der Waals surface area contributed by atoms with Gasteiger partial charge in [-0.15, -0.1) is 0 Å². The van der Waals surface area contributed by atoms with Crippen molar-refractivity contribution in [2.24, 2.45) is 7.05 Å². The topological polar surface area (TPSA) is 91.7 Å². The molecule has 152 valence electrons. The highest BCUT2D eigenvalue weighted by Gasteiger charge is 2.27. The number of nitrogens with zero attached hydrogens (tertiary/aromatic N) is 2. The number of aromatic nitrogens is 2. The van der Waals surface area contributed by atoms with Crippen molar-refractivity contribution in [3.05, 3.63) is 66.2 Å². The van der Waals surface area contributed by atoms with Crippen molar-refractivity contribution in [3.63, 3.8) is 0 Å². The normalized spacial score (nSPS) is 14.4. The first-order valence-electron chi connectivity index (χ1n) is 9.01. The fraction of sp³-hybridized carbons (Fsp3) is 0.250. The van der Waals surface area contributed by atoms with Crippen LogP contribution >= 0.6 is 0 Å². The molecule has 29 heavy (non-hydrogen) atoms. The summed E-state index contributed by atoms with van der Waals surface area (Å²) in [5.41, 5.74) is 0.737. The lowest BCUT2D eigenvalue weighted by Crippen LogP contribution is -2.31. The van der Waals surface area contributed by atoms with E-state index in [1.54, 1.807) is 42.3 Å². The number of hydrogen-bond donors (Lipinski definition) is 1. The molecule has 9 heteroatoms. The number of hydrogen-bond acceptors (Lipinski definition) is 6. The van der Waals surface area contributed by atoms with E-state index in [9.17, 15) is 8.42 Å². The Balaban J connectivity index is 1.70. The average Bonchev–Trinajstić information content (AvgIpc) is 3.17. The first-order valence-corrected chi connectivity index (χ1v) is 10.5. The summed E-state index contributed by atoms with van der Waals surface area (Å²) in [5.74, 6) is 2.20. The fourth-order valence-electron chi connectivity index (χ4n) is 3.14. The SMILES string of the molecule is COc1ccc([C@@H](NS(=O)(=O)c2ccc3c(c2)OCCO3)c2nccn2C)cc1. The van der Waals surface area contributed by atoms with E-state index >= 15 is 0 Å². The molecule has 0 fully saturated rings. The van der Waals surface area contributed by atoms with E-state index in [2.05, 4.69) is 9.71 Å². The maximum absolute atomic E-state index is 13.2. The smallest absolute Gasteiger partial charge is 0.241 e. The van der Waals surface area contributed by atoms with Gasteiger partial charge in [-0.25, -0.2) is 13.4 Å². The van der Waals surface area contributed by atoms with Crippen molar-refractivity contribution < 1.29 is 22.6 Å². The minimum Gasteiger partial charge on any atom is -0.497 e. The molecule has 3 aromatic rings. The quantitative estimate of drug-likeness (QED) is 0.664. The Labute approximate surface area is 169 Å². The van der Waals surface area contributed by atoms with Gasteiger partial charge in [0, 0.05) is 25.5 Å². The third-order valence-electron chi connectivity index (χ3n) is 4.66. The molecule has 8 nitrogen and oxygen atoms in total. The van der Waals surface area contributed by atoms with Gasteiger partial charge in [0.25, 0.3) is 0 Å². The summed E-state index contributed by atoms with van der Waals surface area (Å²) in [6.45, 7) is 0.821. The largest absolute Gasteiger partial charge is 0.497 e. The van der Waals surface area contributed by atoms with Crippen LogP contribution in [0.4, 0.5) is 0 Å². The van der Waals surface area contributed by atoms with Gasteiger partial charge in [-0.1, -0.05) is 12.1 Å². The molecule has 1 atom stereocenters. The highest BCUT2D eigenvalue weighted by atomic mass is 32.2. The van der Waals surface area contributed by atoms with E-state index < -0.39 is 16.1 Å². The van der Waals surface area contributed by atoms with Crippen LogP contribution in [0.1, 0.15) is 17.4 Å². The van der Waals surface area contributed by atoms with Gasteiger partial charge in [0.2, 0.25) is 10.0 Å². The van der Waals surface area contributed by atoms with Gasteiger partial charge < -0.3 is 18.8 Å². The molecule has 0 saturated heterocycles. The van der Waals surface area contributed by atoms with Gasteiger partial charge in [-0.05, 0) is 29.8 Å². The molecule has 0 saturated carbocycles. The van der Waals surface area contributed by atoms with Crippen LogP contribution in [0.3, 0.4) is 0 Å². The highest BCUT2D eigenvalue weighted by molar-refractivity contribution is 7.89. The predicted molar refractivity (Wildman–Crippen MR) is 106 cm³/mol. The summed E-state index contributed by atoms with van der Waals surface area (Å²) in [6.07, 6.45) is 3.40. The van der Waals surface area contributed by atoms with Gasteiger partial charge in [0.15, 0.2) is 11.5 Å². The molecule has 1 aromatic heterocycles. The Morgan fingerprint density at radius 2 is 1.83 bits per heavy atom. The molecular weight excluding hydrogens is 394 g/mol. The Bertz CT molecular complexity index is 1110. The zero-order valence-electron chi connectivity index (χ0n) is 16.0. The number of rotatable bonds is 6. The zero-order valence-corrected chi connectivity index (χ0v) is 16.8. The Hall–Kier alpha value is -3.04. The van der Waals surface area contributed by atoms with Crippen LogP contribution in [0.2, 0.25) is 0 Å². The Morgan fingerprint density at radius 1 is 1.10 bits per heavy atom. The average molecular weight is 415 g/mol. The molecule has 1 N–H and O–H groups in total. The minimum absolute atomic E-state index is 0.0921. The highest BCUT2D eigenvalue weighted by Crippen LogP contribution is 2.33.